The fourth-order valence-electron chi connectivity index (χ4n) is 1.21. The highest BCUT2D eigenvalue weighted by Crippen LogP contribution is 2.31. The van der Waals surface area contributed by atoms with Crippen molar-refractivity contribution in [1.82, 2.24) is 0 Å². The predicted molar refractivity (Wildman–Crippen MR) is 61.4 cm³/mol. The zero-order chi connectivity index (χ0) is 12.1. The third kappa shape index (κ3) is 2.34. The van der Waals surface area contributed by atoms with Gasteiger partial charge in [0.05, 0.1) is 29.3 Å². The molecule has 0 heterocycles. The molecule has 1 rings (SSSR count). The van der Waals surface area contributed by atoms with Crippen LogP contribution in [0.2, 0.25) is 0 Å². The molecule has 0 saturated heterocycles. The fraction of sp³-hybridized carbons (Fsp3) is 0.273. The first-order valence-corrected chi connectivity index (χ1v) is 5.38. The molecule has 0 aliphatic carbocycles. The molecular formula is C11H10BrNO3. The van der Waals surface area contributed by atoms with E-state index in [2.05, 4.69) is 15.9 Å². The standard InChI is InChI=1S/C11H10BrNO3/c1-3-16-11(14)9-7(6-13)4-5-8(15-2)10(9)12/h4-5H,3H2,1-2H3. The maximum atomic E-state index is 11.7. The van der Waals surface area contributed by atoms with Crippen LogP contribution in [0.4, 0.5) is 0 Å². The lowest BCUT2D eigenvalue weighted by molar-refractivity contribution is 0.0524. The van der Waals surface area contributed by atoms with Crippen molar-refractivity contribution in [2.24, 2.45) is 0 Å². The Bertz CT molecular complexity index is 451. The van der Waals surface area contributed by atoms with Gasteiger partial charge < -0.3 is 9.47 Å². The Hall–Kier alpha value is -1.54. The molecule has 0 radical (unpaired) electrons. The molecular weight excluding hydrogens is 274 g/mol. The van der Waals surface area contributed by atoms with Gasteiger partial charge in [0.25, 0.3) is 0 Å². The second-order valence-corrected chi connectivity index (χ2v) is 3.63. The van der Waals surface area contributed by atoms with E-state index < -0.39 is 5.97 Å². The lowest BCUT2D eigenvalue weighted by Crippen LogP contribution is -2.08. The van der Waals surface area contributed by atoms with Gasteiger partial charge in [-0.3, -0.25) is 0 Å². The van der Waals surface area contributed by atoms with Gasteiger partial charge in [-0.15, -0.1) is 0 Å². The van der Waals surface area contributed by atoms with Gasteiger partial charge in [0.2, 0.25) is 0 Å². The second-order valence-electron chi connectivity index (χ2n) is 2.84. The van der Waals surface area contributed by atoms with Gasteiger partial charge in [-0.1, -0.05) is 0 Å². The van der Waals surface area contributed by atoms with E-state index in [4.69, 9.17) is 14.7 Å². The third-order valence-electron chi connectivity index (χ3n) is 1.93. The minimum atomic E-state index is -0.537. The maximum Gasteiger partial charge on any atom is 0.340 e. The smallest absolute Gasteiger partial charge is 0.340 e. The average Bonchev–Trinajstić information content (AvgIpc) is 2.28. The molecule has 4 nitrogen and oxygen atoms in total. The zero-order valence-electron chi connectivity index (χ0n) is 8.91. The van der Waals surface area contributed by atoms with Crippen molar-refractivity contribution >= 4 is 21.9 Å². The molecule has 0 saturated carbocycles. The van der Waals surface area contributed by atoms with E-state index in [0.717, 1.165) is 0 Å². The number of rotatable bonds is 3. The second kappa shape index (κ2) is 5.52. The molecule has 0 aromatic heterocycles. The van der Waals surface area contributed by atoms with Gasteiger partial charge in [-0.25, -0.2) is 4.79 Å². The van der Waals surface area contributed by atoms with Crippen molar-refractivity contribution in [3.8, 4) is 11.8 Å². The minimum Gasteiger partial charge on any atom is -0.496 e. The van der Waals surface area contributed by atoms with Crippen LogP contribution in [0.15, 0.2) is 16.6 Å². The number of ether oxygens (including phenoxy) is 2. The van der Waals surface area contributed by atoms with Gasteiger partial charge in [0.1, 0.15) is 11.8 Å². The number of hydrogen-bond acceptors (Lipinski definition) is 4. The number of nitrogens with zero attached hydrogens (tertiary/aromatic N) is 1. The number of nitriles is 1. The largest absolute Gasteiger partial charge is 0.496 e. The Balaban J connectivity index is 3.33. The lowest BCUT2D eigenvalue weighted by Gasteiger charge is -2.09. The fourth-order valence-corrected chi connectivity index (χ4v) is 1.88. The summed E-state index contributed by atoms with van der Waals surface area (Å²) >= 11 is 3.23. The Morgan fingerprint density at radius 3 is 2.75 bits per heavy atom. The summed E-state index contributed by atoms with van der Waals surface area (Å²) < 4.78 is 10.4. The van der Waals surface area contributed by atoms with Crippen molar-refractivity contribution in [1.29, 1.82) is 5.26 Å². The first-order valence-electron chi connectivity index (χ1n) is 4.59. The number of hydrogen-bond donors (Lipinski definition) is 0. The summed E-state index contributed by atoms with van der Waals surface area (Å²) in [6, 6.07) is 5.08. The molecule has 5 heteroatoms. The molecule has 0 aliphatic heterocycles. The average molecular weight is 284 g/mol. The molecule has 0 atom stereocenters. The van der Waals surface area contributed by atoms with Crippen molar-refractivity contribution in [2.45, 2.75) is 6.92 Å². The van der Waals surface area contributed by atoms with Gasteiger partial charge in [-0.2, -0.15) is 5.26 Å². The van der Waals surface area contributed by atoms with E-state index in [1.165, 1.54) is 13.2 Å². The van der Waals surface area contributed by atoms with Gasteiger partial charge in [-0.05, 0) is 35.0 Å². The van der Waals surface area contributed by atoms with Crippen LogP contribution in [0.25, 0.3) is 0 Å². The van der Waals surface area contributed by atoms with Crippen LogP contribution in [-0.4, -0.2) is 19.7 Å². The van der Waals surface area contributed by atoms with E-state index in [9.17, 15) is 4.79 Å². The third-order valence-corrected chi connectivity index (χ3v) is 2.71. The molecule has 1 aromatic rings. The quantitative estimate of drug-likeness (QED) is 0.800. The Labute approximate surface area is 102 Å². The highest BCUT2D eigenvalue weighted by Gasteiger charge is 2.19. The SMILES string of the molecule is CCOC(=O)c1c(C#N)ccc(OC)c1Br. The Morgan fingerprint density at radius 1 is 1.56 bits per heavy atom. The van der Waals surface area contributed by atoms with Gasteiger partial charge in [0.15, 0.2) is 0 Å². The lowest BCUT2D eigenvalue weighted by atomic mass is 10.1. The van der Waals surface area contributed by atoms with E-state index in [1.54, 1.807) is 13.0 Å². The normalized spacial score (nSPS) is 9.38. The number of methoxy groups -OCH3 is 1. The van der Waals surface area contributed by atoms with Gasteiger partial charge in [0, 0.05) is 0 Å². The molecule has 84 valence electrons. The molecule has 16 heavy (non-hydrogen) atoms. The summed E-state index contributed by atoms with van der Waals surface area (Å²) in [6.45, 7) is 1.96. The zero-order valence-corrected chi connectivity index (χ0v) is 10.5. The Kier molecular flexibility index (Phi) is 4.32. The van der Waals surface area contributed by atoms with E-state index >= 15 is 0 Å². The number of carbonyl (C=O) groups excluding carboxylic acids is 1. The minimum absolute atomic E-state index is 0.198. The summed E-state index contributed by atoms with van der Waals surface area (Å²) in [5.74, 6) is -0.0492. The summed E-state index contributed by atoms with van der Waals surface area (Å²) in [5.41, 5.74) is 0.454. The molecule has 0 spiro atoms. The van der Waals surface area contributed by atoms with E-state index in [0.29, 0.717) is 10.2 Å². The predicted octanol–water partition coefficient (Wildman–Crippen LogP) is 2.51. The molecule has 0 amide bonds. The highest BCUT2D eigenvalue weighted by molar-refractivity contribution is 9.10. The summed E-state index contributed by atoms with van der Waals surface area (Å²) in [4.78, 5) is 11.7. The topological polar surface area (TPSA) is 59.3 Å². The number of carbonyl (C=O) groups is 1. The van der Waals surface area contributed by atoms with Crippen LogP contribution < -0.4 is 4.74 Å². The highest BCUT2D eigenvalue weighted by atomic mass is 79.9. The maximum absolute atomic E-state index is 11.7. The summed E-state index contributed by atoms with van der Waals surface area (Å²) in [5, 5.41) is 8.90. The number of esters is 1. The van der Waals surface area contributed by atoms with Crippen LogP contribution in [0, 0.1) is 11.3 Å². The molecule has 0 bridgehead atoms. The first kappa shape index (κ1) is 12.5. The molecule has 0 unspecified atom stereocenters. The van der Waals surface area contributed by atoms with Crippen LogP contribution in [0.3, 0.4) is 0 Å². The summed E-state index contributed by atoms with van der Waals surface area (Å²) in [6.07, 6.45) is 0. The first-order chi connectivity index (χ1) is 7.65. The van der Waals surface area contributed by atoms with Gasteiger partial charge >= 0.3 is 5.97 Å². The molecule has 0 N–H and O–H groups in total. The Morgan fingerprint density at radius 2 is 2.25 bits per heavy atom. The van der Waals surface area contributed by atoms with Crippen LogP contribution in [0.1, 0.15) is 22.8 Å². The molecule has 1 aromatic carbocycles. The van der Waals surface area contributed by atoms with Crippen LogP contribution in [0.5, 0.6) is 5.75 Å². The van der Waals surface area contributed by atoms with Crippen molar-refractivity contribution < 1.29 is 14.3 Å². The van der Waals surface area contributed by atoms with E-state index in [1.807, 2.05) is 6.07 Å². The summed E-state index contributed by atoms with van der Waals surface area (Å²) in [7, 11) is 1.49. The number of benzene rings is 1. The van der Waals surface area contributed by atoms with Crippen molar-refractivity contribution in [3.63, 3.8) is 0 Å². The van der Waals surface area contributed by atoms with Crippen molar-refractivity contribution in [3.05, 3.63) is 27.7 Å². The van der Waals surface area contributed by atoms with Crippen LogP contribution >= 0.6 is 15.9 Å². The molecule has 0 fully saturated rings. The molecule has 0 aliphatic rings. The monoisotopic (exact) mass is 283 g/mol. The van der Waals surface area contributed by atoms with E-state index in [-0.39, 0.29) is 17.7 Å². The van der Waals surface area contributed by atoms with Crippen LogP contribution in [-0.2, 0) is 4.74 Å². The number of halogens is 1. The van der Waals surface area contributed by atoms with Crippen molar-refractivity contribution in [2.75, 3.05) is 13.7 Å².